The molecule has 0 saturated heterocycles. The number of hydrogen-bond donors (Lipinski definition) is 3. The molecule has 1 aromatic carbocycles. The summed E-state index contributed by atoms with van der Waals surface area (Å²) in [4.78, 5) is 14.4. The Morgan fingerprint density at radius 3 is 2.57 bits per heavy atom. The molecule has 0 aliphatic heterocycles. The fraction of sp³-hybridized carbons (Fsp3) is 0. The van der Waals surface area contributed by atoms with Gasteiger partial charge >= 0.3 is 5.97 Å². The molecular formula is C12H9ClN2O5S. The first-order valence-corrected chi connectivity index (χ1v) is 7.36. The maximum atomic E-state index is 12.1. The lowest BCUT2D eigenvalue weighted by molar-refractivity contribution is 0.0697. The van der Waals surface area contributed by atoms with E-state index < -0.39 is 21.7 Å². The second-order valence-corrected chi connectivity index (χ2v) is 6.03. The number of pyridine rings is 1. The second kappa shape index (κ2) is 5.58. The molecular weight excluding hydrogens is 320 g/mol. The Balaban J connectivity index is 2.41. The zero-order valence-electron chi connectivity index (χ0n) is 10.3. The first-order valence-electron chi connectivity index (χ1n) is 5.50. The number of carboxylic acids is 1. The third kappa shape index (κ3) is 3.41. The van der Waals surface area contributed by atoms with Gasteiger partial charge < -0.3 is 10.2 Å². The van der Waals surface area contributed by atoms with Gasteiger partial charge in [0.1, 0.15) is 10.9 Å². The van der Waals surface area contributed by atoms with Crippen LogP contribution >= 0.6 is 11.6 Å². The number of benzene rings is 1. The molecule has 1 aromatic heterocycles. The summed E-state index contributed by atoms with van der Waals surface area (Å²) in [6, 6.07) is 5.59. The van der Waals surface area contributed by atoms with Crippen LogP contribution < -0.4 is 4.72 Å². The molecule has 0 fully saturated rings. The van der Waals surface area contributed by atoms with Crippen molar-refractivity contribution in [3.05, 3.63) is 47.2 Å². The summed E-state index contributed by atoms with van der Waals surface area (Å²) in [7, 11) is -4.03. The van der Waals surface area contributed by atoms with Crippen LogP contribution in [0.15, 0.2) is 41.4 Å². The normalized spacial score (nSPS) is 11.1. The monoisotopic (exact) mass is 328 g/mol. The van der Waals surface area contributed by atoms with Gasteiger partial charge in [-0.05, 0) is 30.3 Å². The molecule has 110 valence electrons. The number of carbonyl (C=O) groups is 1. The van der Waals surface area contributed by atoms with Gasteiger partial charge in [-0.25, -0.2) is 18.2 Å². The third-order valence-electron chi connectivity index (χ3n) is 2.50. The van der Waals surface area contributed by atoms with E-state index in [9.17, 15) is 18.3 Å². The molecule has 0 aliphatic rings. The molecule has 7 nitrogen and oxygen atoms in total. The fourth-order valence-corrected chi connectivity index (χ4v) is 2.82. The lowest BCUT2D eigenvalue weighted by Crippen LogP contribution is -2.13. The van der Waals surface area contributed by atoms with Gasteiger partial charge in [-0.1, -0.05) is 11.6 Å². The van der Waals surface area contributed by atoms with Crippen LogP contribution in [0.25, 0.3) is 0 Å². The van der Waals surface area contributed by atoms with Crippen LogP contribution in [0.1, 0.15) is 10.4 Å². The van der Waals surface area contributed by atoms with Crippen molar-refractivity contribution in [3.63, 3.8) is 0 Å². The van der Waals surface area contributed by atoms with Crippen LogP contribution in [-0.2, 0) is 10.0 Å². The predicted octanol–water partition coefficient (Wildman–Crippen LogP) is 1.94. The van der Waals surface area contributed by atoms with Crippen molar-refractivity contribution >= 4 is 33.3 Å². The van der Waals surface area contributed by atoms with E-state index in [0.717, 1.165) is 24.3 Å². The average molecular weight is 329 g/mol. The standard InChI is InChI=1S/C12H9ClN2O5S/c13-11-6-8(3-4-14-11)21(19,20)15-9-5-7(12(17)18)1-2-10(9)16/h1-6,15-16H,(H,17,18). The van der Waals surface area contributed by atoms with E-state index in [1.807, 2.05) is 0 Å². The maximum absolute atomic E-state index is 12.1. The summed E-state index contributed by atoms with van der Waals surface area (Å²) < 4.78 is 26.4. The Bertz CT molecular complexity index is 807. The lowest BCUT2D eigenvalue weighted by atomic mass is 10.2. The minimum atomic E-state index is -4.03. The SMILES string of the molecule is O=C(O)c1ccc(O)c(NS(=O)(=O)c2ccnc(Cl)c2)c1. The molecule has 0 radical (unpaired) electrons. The summed E-state index contributed by atoms with van der Waals surface area (Å²) >= 11 is 5.62. The summed E-state index contributed by atoms with van der Waals surface area (Å²) in [6.07, 6.45) is 1.21. The minimum Gasteiger partial charge on any atom is -0.506 e. The fourth-order valence-electron chi connectivity index (χ4n) is 1.51. The molecule has 0 aliphatic carbocycles. The molecule has 9 heteroatoms. The highest BCUT2D eigenvalue weighted by Crippen LogP contribution is 2.27. The first kappa shape index (κ1) is 15.1. The molecule has 2 rings (SSSR count). The summed E-state index contributed by atoms with van der Waals surface area (Å²) in [5.41, 5.74) is -0.416. The molecule has 0 atom stereocenters. The molecule has 0 saturated carbocycles. The smallest absolute Gasteiger partial charge is 0.335 e. The van der Waals surface area contributed by atoms with Crippen molar-refractivity contribution in [3.8, 4) is 5.75 Å². The van der Waals surface area contributed by atoms with E-state index in [-0.39, 0.29) is 21.3 Å². The minimum absolute atomic E-state index is 0.0126. The van der Waals surface area contributed by atoms with Crippen molar-refractivity contribution in [1.29, 1.82) is 0 Å². The zero-order valence-corrected chi connectivity index (χ0v) is 11.9. The van der Waals surface area contributed by atoms with E-state index in [2.05, 4.69) is 9.71 Å². The van der Waals surface area contributed by atoms with Gasteiger partial charge in [-0.3, -0.25) is 4.72 Å². The van der Waals surface area contributed by atoms with E-state index in [1.54, 1.807) is 0 Å². The molecule has 2 aromatic rings. The third-order valence-corrected chi connectivity index (χ3v) is 4.07. The van der Waals surface area contributed by atoms with E-state index >= 15 is 0 Å². The topological polar surface area (TPSA) is 117 Å². The number of phenols is 1. The van der Waals surface area contributed by atoms with E-state index in [0.29, 0.717) is 0 Å². The Hall–Kier alpha value is -2.32. The number of aromatic hydroxyl groups is 1. The van der Waals surface area contributed by atoms with Crippen LogP contribution in [0, 0.1) is 0 Å². The molecule has 0 bridgehead atoms. The Morgan fingerprint density at radius 2 is 1.95 bits per heavy atom. The summed E-state index contributed by atoms with van der Waals surface area (Å²) in [6.45, 7) is 0. The van der Waals surface area contributed by atoms with Crippen molar-refractivity contribution in [2.45, 2.75) is 4.90 Å². The lowest BCUT2D eigenvalue weighted by Gasteiger charge is -2.10. The quantitative estimate of drug-likeness (QED) is 0.583. The van der Waals surface area contributed by atoms with Gasteiger partial charge in [0, 0.05) is 6.20 Å². The van der Waals surface area contributed by atoms with Gasteiger partial charge in [0.15, 0.2) is 0 Å². The van der Waals surface area contributed by atoms with Crippen LogP contribution in [0.5, 0.6) is 5.75 Å². The van der Waals surface area contributed by atoms with E-state index in [4.69, 9.17) is 16.7 Å². The molecule has 0 unspecified atom stereocenters. The summed E-state index contributed by atoms with van der Waals surface area (Å²) in [5.74, 6) is -1.65. The molecule has 0 spiro atoms. The summed E-state index contributed by atoms with van der Waals surface area (Å²) in [5, 5.41) is 18.5. The number of halogens is 1. The van der Waals surface area contributed by atoms with Gasteiger partial charge in [-0.15, -0.1) is 0 Å². The Morgan fingerprint density at radius 1 is 1.24 bits per heavy atom. The number of anilines is 1. The highest BCUT2D eigenvalue weighted by Gasteiger charge is 2.18. The van der Waals surface area contributed by atoms with E-state index in [1.165, 1.54) is 12.3 Å². The van der Waals surface area contributed by atoms with Crippen molar-refractivity contribution < 1.29 is 23.4 Å². The number of carboxylic acid groups (broad SMARTS) is 1. The highest BCUT2D eigenvalue weighted by atomic mass is 35.5. The Labute approximate surface area is 124 Å². The number of aromatic carboxylic acids is 1. The van der Waals surface area contributed by atoms with Crippen LogP contribution in [0.2, 0.25) is 5.15 Å². The van der Waals surface area contributed by atoms with Gasteiger partial charge in [0.25, 0.3) is 10.0 Å². The predicted molar refractivity (Wildman–Crippen MR) is 75.1 cm³/mol. The Kier molecular flexibility index (Phi) is 4.01. The second-order valence-electron chi connectivity index (χ2n) is 3.96. The zero-order chi connectivity index (χ0) is 15.6. The number of nitrogens with zero attached hydrogens (tertiary/aromatic N) is 1. The van der Waals surface area contributed by atoms with Crippen LogP contribution in [0.3, 0.4) is 0 Å². The first-order chi connectivity index (χ1) is 9.79. The highest BCUT2D eigenvalue weighted by molar-refractivity contribution is 7.92. The van der Waals surface area contributed by atoms with Crippen molar-refractivity contribution in [1.82, 2.24) is 4.98 Å². The number of rotatable bonds is 4. The maximum Gasteiger partial charge on any atom is 0.335 e. The number of sulfonamides is 1. The number of hydrogen-bond acceptors (Lipinski definition) is 5. The van der Waals surface area contributed by atoms with Gasteiger partial charge in [0.05, 0.1) is 16.1 Å². The molecule has 0 amide bonds. The molecule has 21 heavy (non-hydrogen) atoms. The van der Waals surface area contributed by atoms with Crippen molar-refractivity contribution in [2.24, 2.45) is 0 Å². The van der Waals surface area contributed by atoms with Crippen LogP contribution in [-0.4, -0.2) is 29.6 Å². The van der Waals surface area contributed by atoms with Crippen LogP contribution in [0.4, 0.5) is 5.69 Å². The van der Waals surface area contributed by atoms with Crippen molar-refractivity contribution in [2.75, 3.05) is 4.72 Å². The molecule has 1 heterocycles. The number of aromatic nitrogens is 1. The van der Waals surface area contributed by atoms with Gasteiger partial charge in [-0.2, -0.15) is 0 Å². The number of nitrogens with one attached hydrogen (secondary N) is 1. The average Bonchev–Trinajstić information content (AvgIpc) is 2.41. The molecule has 3 N–H and O–H groups in total. The van der Waals surface area contributed by atoms with Gasteiger partial charge in [0.2, 0.25) is 0 Å². The number of phenolic OH excluding ortho intramolecular Hbond substituents is 1. The largest absolute Gasteiger partial charge is 0.506 e.